The molecule has 1 unspecified atom stereocenters. The van der Waals surface area contributed by atoms with Crippen molar-refractivity contribution in [1.29, 1.82) is 0 Å². The second kappa shape index (κ2) is 3.02. The van der Waals surface area contributed by atoms with Gasteiger partial charge >= 0.3 is 11.4 Å². The van der Waals surface area contributed by atoms with Gasteiger partial charge in [-0.05, 0) is 6.92 Å². The van der Waals surface area contributed by atoms with E-state index >= 15 is 0 Å². The van der Waals surface area contributed by atoms with Crippen LogP contribution in [0.15, 0.2) is 22.0 Å². The lowest BCUT2D eigenvalue weighted by Crippen LogP contribution is -2.29. The van der Waals surface area contributed by atoms with E-state index in [-0.39, 0.29) is 6.04 Å². The quantitative estimate of drug-likeness (QED) is 0.584. The van der Waals surface area contributed by atoms with E-state index < -0.39 is 11.4 Å². The number of rotatable bonds is 2. The molecule has 0 aliphatic carbocycles. The molecule has 2 heterocycles. The molecule has 0 bridgehead atoms. The van der Waals surface area contributed by atoms with Crippen LogP contribution in [0.1, 0.15) is 18.5 Å². The van der Waals surface area contributed by atoms with Gasteiger partial charge in [0.25, 0.3) is 0 Å². The van der Waals surface area contributed by atoms with Gasteiger partial charge in [0.2, 0.25) is 0 Å². The van der Waals surface area contributed by atoms with Gasteiger partial charge in [0.1, 0.15) is 0 Å². The van der Waals surface area contributed by atoms with E-state index in [2.05, 4.69) is 20.4 Å². The van der Waals surface area contributed by atoms with Crippen LogP contribution in [-0.4, -0.2) is 25.0 Å². The minimum absolute atomic E-state index is 0.337. The van der Waals surface area contributed by atoms with Gasteiger partial charge in [0.05, 0.1) is 12.2 Å². The molecule has 2 rings (SSSR count). The van der Waals surface area contributed by atoms with E-state index in [1.807, 2.05) is 0 Å². The van der Waals surface area contributed by atoms with Crippen molar-refractivity contribution in [1.82, 2.24) is 25.0 Å². The number of hydrogen-bond acceptors (Lipinski definition) is 3. The van der Waals surface area contributed by atoms with Crippen LogP contribution in [0, 0.1) is 0 Å². The van der Waals surface area contributed by atoms with Crippen LogP contribution in [0.2, 0.25) is 0 Å². The molecule has 7 nitrogen and oxygen atoms in total. The first-order valence-electron chi connectivity index (χ1n) is 4.08. The molecule has 2 aromatic rings. The SMILES string of the molecule is CC(c1cn[nH]c1)n1c(=O)[nH][nH]c1=O. The summed E-state index contributed by atoms with van der Waals surface area (Å²) >= 11 is 0. The normalized spacial score (nSPS) is 12.9. The van der Waals surface area contributed by atoms with Gasteiger partial charge < -0.3 is 0 Å². The van der Waals surface area contributed by atoms with E-state index in [0.29, 0.717) is 0 Å². The maximum absolute atomic E-state index is 11.2. The number of aromatic amines is 3. The Hall–Kier alpha value is -2.05. The van der Waals surface area contributed by atoms with Gasteiger partial charge in [-0.25, -0.2) is 24.4 Å². The van der Waals surface area contributed by atoms with Crippen molar-refractivity contribution in [3.05, 3.63) is 38.9 Å². The Morgan fingerprint density at radius 2 is 2.00 bits per heavy atom. The van der Waals surface area contributed by atoms with Gasteiger partial charge in [-0.2, -0.15) is 5.10 Å². The average molecular weight is 195 g/mol. The molecule has 1 atom stereocenters. The van der Waals surface area contributed by atoms with Crippen LogP contribution in [0.4, 0.5) is 0 Å². The third-order valence-corrected chi connectivity index (χ3v) is 2.10. The Labute approximate surface area is 77.8 Å². The Morgan fingerprint density at radius 1 is 1.36 bits per heavy atom. The summed E-state index contributed by atoms with van der Waals surface area (Å²) in [4.78, 5) is 22.4. The van der Waals surface area contributed by atoms with Crippen molar-refractivity contribution >= 4 is 0 Å². The van der Waals surface area contributed by atoms with E-state index in [1.54, 1.807) is 19.3 Å². The topological polar surface area (TPSA) is 99.3 Å². The predicted molar refractivity (Wildman–Crippen MR) is 48.1 cm³/mol. The lowest BCUT2D eigenvalue weighted by atomic mass is 10.2. The largest absolute Gasteiger partial charge is 0.344 e. The van der Waals surface area contributed by atoms with Crippen molar-refractivity contribution in [2.24, 2.45) is 0 Å². The van der Waals surface area contributed by atoms with Crippen LogP contribution in [0.3, 0.4) is 0 Å². The Kier molecular flexibility index (Phi) is 1.84. The number of nitrogens with zero attached hydrogens (tertiary/aromatic N) is 2. The smallest absolute Gasteiger partial charge is 0.285 e. The van der Waals surface area contributed by atoms with Crippen LogP contribution in [0.5, 0.6) is 0 Å². The summed E-state index contributed by atoms with van der Waals surface area (Å²) in [7, 11) is 0. The summed E-state index contributed by atoms with van der Waals surface area (Å²) in [6, 6.07) is -0.337. The minimum Gasteiger partial charge on any atom is -0.285 e. The van der Waals surface area contributed by atoms with Crippen LogP contribution in [0.25, 0.3) is 0 Å². The molecule has 0 aromatic carbocycles. The van der Waals surface area contributed by atoms with Crippen molar-refractivity contribution in [2.75, 3.05) is 0 Å². The summed E-state index contributed by atoms with van der Waals surface area (Å²) in [6.45, 7) is 1.75. The first-order valence-corrected chi connectivity index (χ1v) is 4.08. The Morgan fingerprint density at radius 3 is 2.50 bits per heavy atom. The molecule has 0 radical (unpaired) electrons. The third kappa shape index (κ3) is 1.18. The molecular weight excluding hydrogens is 186 g/mol. The standard InChI is InChI=1S/C7H9N5O2/c1-4(5-2-8-9-3-5)12-6(13)10-11-7(12)14/h2-4H,1H3,(H,8,9)(H,10,13)(H,11,14). The maximum atomic E-state index is 11.2. The number of H-pyrrole nitrogens is 3. The second-order valence-corrected chi connectivity index (χ2v) is 2.94. The van der Waals surface area contributed by atoms with Crippen LogP contribution < -0.4 is 11.4 Å². The highest BCUT2D eigenvalue weighted by molar-refractivity contribution is 5.09. The van der Waals surface area contributed by atoms with Gasteiger partial charge in [-0.1, -0.05) is 0 Å². The molecule has 0 fully saturated rings. The van der Waals surface area contributed by atoms with Crippen LogP contribution in [-0.2, 0) is 0 Å². The summed E-state index contributed by atoms with van der Waals surface area (Å²) in [5, 5.41) is 10.8. The molecular formula is C7H9N5O2. The summed E-state index contributed by atoms with van der Waals surface area (Å²) < 4.78 is 1.09. The van der Waals surface area contributed by atoms with Crippen molar-refractivity contribution in [3.63, 3.8) is 0 Å². The lowest BCUT2D eigenvalue weighted by molar-refractivity contribution is 0.597. The third-order valence-electron chi connectivity index (χ3n) is 2.10. The monoisotopic (exact) mass is 195 g/mol. The zero-order chi connectivity index (χ0) is 10.1. The highest BCUT2D eigenvalue weighted by Gasteiger charge is 2.14. The maximum Gasteiger partial charge on any atom is 0.344 e. The molecule has 0 aliphatic heterocycles. The van der Waals surface area contributed by atoms with Gasteiger partial charge in [0.15, 0.2) is 0 Å². The molecule has 14 heavy (non-hydrogen) atoms. The molecule has 0 spiro atoms. The number of hydrogen-bond donors (Lipinski definition) is 3. The fourth-order valence-electron chi connectivity index (χ4n) is 1.31. The second-order valence-electron chi connectivity index (χ2n) is 2.94. The highest BCUT2D eigenvalue weighted by Crippen LogP contribution is 2.10. The summed E-state index contributed by atoms with van der Waals surface area (Å²) in [5.74, 6) is 0. The van der Waals surface area contributed by atoms with Gasteiger partial charge in [0, 0.05) is 11.8 Å². The molecule has 74 valence electrons. The zero-order valence-electron chi connectivity index (χ0n) is 7.44. The molecule has 7 heteroatoms. The molecule has 0 amide bonds. The zero-order valence-corrected chi connectivity index (χ0v) is 7.44. The van der Waals surface area contributed by atoms with E-state index in [9.17, 15) is 9.59 Å². The number of aromatic nitrogens is 5. The van der Waals surface area contributed by atoms with E-state index in [4.69, 9.17) is 0 Å². The first kappa shape index (κ1) is 8.54. The highest BCUT2D eigenvalue weighted by atomic mass is 16.2. The van der Waals surface area contributed by atoms with Crippen LogP contribution >= 0.6 is 0 Å². The van der Waals surface area contributed by atoms with E-state index in [1.165, 1.54) is 0 Å². The Balaban J connectivity index is 2.51. The molecule has 0 aliphatic rings. The number of nitrogens with one attached hydrogen (secondary N) is 3. The first-order chi connectivity index (χ1) is 6.70. The molecule has 3 N–H and O–H groups in total. The minimum atomic E-state index is -0.455. The summed E-state index contributed by atoms with van der Waals surface area (Å²) in [5.41, 5.74) is -0.135. The predicted octanol–water partition coefficient (Wildman–Crippen LogP) is -0.803. The van der Waals surface area contributed by atoms with Crippen molar-refractivity contribution < 1.29 is 0 Å². The molecule has 0 saturated carbocycles. The fourth-order valence-corrected chi connectivity index (χ4v) is 1.31. The van der Waals surface area contributed by atoms with Gasteiger partial charge in [-0.15, -0.1) is 0 Å². The van der Waals surface area contributed by atoms with Gasteiger partial charge in [-0.3, -0.25) is 5.10 Å². The average Bonchev–Trinajstić information content (AvgIpc) is 2.75. The Bertz CT molecular complexity index is 489. The lowest BCUT2D eigenvalue weighted by Gasteiger charge is -2.06. The fraction of sp³-hybridized carbons (Fsp3) is 0.286. The van der Waals surface area contributed by atoms with Crippen molar-refractivity contribution in [3.8, 4) is 0 Å². The molecule has 2 aromatic heterocycles. The molecule has 0 saturated heterocycles. The van der Waals surface area contributed by atoms with E-state index in [0.717, 1.165) is 10.1 Å². The van der Waals surface area contributed by atoms with Crippen molar-refractivity contribution in [2.45, 2.75) is 13.0 Å². The summed E-state index contributed by atoms with van der Waals surface area (Å²) in [6.07, 6.45) is 3.22.